The number of benzene rings is 1. The summed E-state index contributed by atoms with van der Waals surface area (Å²) in [5.41, 5.74) is 3.12. The molecule has 1 aromatic carbocycles. The summed E-state index contributed by atoms with van der Waals surface area (Å²) >= 11 is 0. The first-order chi connectivity index (χ1) is 12.1. The molecule has 0 bridgehead atoms. The first-order valence-corrected chi connectivity index (χ1v) is 8.48. The minimum Gasteiger partial charge on any atom is -0.352 e. The molecule has 1 N–H and O–H groups in total. The Bertz CT molecular complexity index is 878. The molecule has 5 nitrogen and oxygen atoms in total. The van der Waals surface area contributed by atoms with Crippen molar-refractivity contribution in [1.82, 2.24) is 19.9 Å². The van der Waals surface area contributed by atoms with Crippen LogP contribution in [0, 0.1) is 0 Å². The maximum Gasteiger partial charge on any atom is 0.244 e. The lowest BCUT2D eigenvalue weighted by Gasteiger charge is -2.04. The van der Waals surface area contributed by atoms with E-state index in [1.165, 1.54) is 5.56 Å². The zero-order valence-electron chi connectivity index (χ0n) is 14.5. The molecule has 0 atom stereocenters. The van der Waals surface area contributed by atoms with Gasteiger partial charge in [-0.2, -0.15) is 0 Å². The fourth-order valence-corrected chi connectivity index (χ4v) is 2.58. The Hall–Kier alpha value is -2.95. The Morgan fingerprint density at radius 3 is 2.72 bits per heavy atom. The van der Waals surface area contributed by atoms with Crippen LogP contribution in [0.3, 0.4) is 0 Å². The van der Waals surface area contributed by atoms with Gasteiger partial charge in [-0.3, -0.25) is 9.20 Å². The van der Waals surface area contributed by atoms with Gasteiger partial charge in [0.15, 0.2) is 5.65 Å². The van der Waals surface area contributed by atoms with Crippen LogP contribution in [-0.4, -0.2) is 27.0 Å². The fraction of sp³-hybridized carbons (Fsp3) is 0.250. The molecule has 2 aromatic heterocycles. The molecule has 0 aliphatic heterocycles. The van der Waals surface area contributed by atoms with Crippen molar-refractivity contribution in [1.29, 1.82) is 0 Å². The maximum absolute atomic E-state index is 11.9. The van der Waals surface area contributed by atoms with E-state index in [0.29, 0.717) is 18.9 Å². The summed E-state index contributed by atoms with van der Waals surface area (Å²) in [5, 5.41) is 11.1. The van der Waals surface area contributed by atoms with Crippen LogP contribution in [-0.2, 0) is 11.2 Å². The van der Waals surface area contributed by atoms with Crippen LogP contribution in [0.1, 0.15) is 36.7 Å². The molecule has 0 spiro atoms. The van der Waals surface area contributed by atoms with Crippen LogP contribution in [0.2, 0.25) is 0 Å². The molecule has 0 aliphatic carbocycles. The summed E-state index contributed by atoms with van der Waals surface area (Å²) < 4.78 is 1.93. The summed E-state index contributed by atoms with van der Waals surface area (Å²) in [7, 11) is 0. The number of nitrogens with one attached hydrogen (secondary N) is 1. The zero-order valence-corrected chi connectivity index (χ0v) is 14.5. The molecule has 5 heteroatoms. The third-order valence-corrected chi connectivity index (χ3v) is 4.06. The van der Waals surface area contributed by atoms with Gasteiger partial charge in [-0.25, -0.2) is 0 Å². The van der Waals surface area contributed by atoms with Gasteiger partial charge in [-0.15, -0.1) is 10.2 Å². The van der Waals surface area contributed by atoms with Crippen LogP contribution in [0.5, 0.6) is 0 Å². The number of hydrogen-bond acceptors (Lipinski definition) is 3. The average Bonchev–Trinajstić information content (AvgIpc) is 3.04. The SMILES string of the molecule is CC(C)c1ccc(/C=C/C(=O)NCCc2nnc3ccccn23)cc1. The molecule has 0 unspecified atom stereocenters. The molecular formula is C20H22N4O. The highest BCUT2D eigenvalue weighted by molar-refractivity contribution is 5.91. The van der Waals surface area contributed by atoms with Crippen LogP contribution in [0.4, 0.5) is 0 Å². The number of carbonyl (C=O) groups is 1. The van der Waals surface area contributed by atoms with Gasteiger partial charge in [0.1, 0.15) is 5.82 Å². The van der Waals surface area contributed by atoms with Crippen molar-refractivity contribution in [3.05, 3.63) is 71.7 Å². The fourth-order valence-electron chi connectivity index (χ4n) is 2.58. The number of carbonyl (C=O) groups excluding carboxylic acids is 1. The van der Waals surface area contributed by atoms with Crippen molar-refractivity contribution >= 4 is 17.6 Å². The quantitative estimate of drug-likeness (QED) is 0.704. The predicted octanol–water partition coefficient (Wildman–Crippen LogP) is 3.22. The normalized spacial score (nSPS) is 11.5. The number of rotatable bonds is 6. The van der Waals surface area contributed by atoms with Gasteiger partial charge in [-0.05, 0) is 35.3 Å². The van der Waals surface area contributed by atoms with Gasteiger partial charge in [0.05, 0.1) is 0 Å². The molecule has 1 amide bonds. The summed E-state index contributed by atoms with van der Waals surface area (Å²) in [6.07, 6.45) is 5.94. The summed E-state index contributed by atoms with van der Waals surface area (Å²) in [6.45, 7) is 4.85. The number of amides is 1. The Balaban J connectivity index is 1.51. The molecule has 0 fully saturated rings. The Morgan fingerprint density at radius 1 is 1.16 bits per heavy atom. The molecule has 3 aromatic rings. The lowest BCUT2D eigenvalue weighted by Crippen LogP contribution is -2.24. The number of aromatic nitrogens is 3. The summed E-state index contributed by atoms with van der Waals surface area (Å²) in [5.74, 6) is 1.24. The average molecular weight is 334 g/mol. The third-order valence-electron chi connectivity index (χ3n) is 4.06. The smallest absolute Gasteiger partial charge is 0.244 e. The third kappa shape index (κ3) is 4.32. The number of hydrogen-bond donors (Lipinski definition) is 1. The molecule has 0 saturated heterocycles. The number of nitrogens with zero attached hydrogens (tertiary/aromatic N) is 3. The topological polar surface area (TPSA) is 59.3 Å². The van der Waals surface area contributed by atoms with E-state index in [9.17, 15) is 4.79 Å². The molecule has 25 heavy (non-hydrogen) atoms. The second kappa shape index (κ2) is 7.75. The van der Waals surface area contributed by atoms with Crippen molar-refractivity contribution < 1.29 is 4.79 Å². The van der Waals surface area contributed by atoms with E-state index in [2.05, 4.69) is 41.5 Å². The van der Waals surface area contributed by atoms with Gasteiger partial charge in [0.2, 0.25) is 5.91 Å². The molecule has 0 radical (unpaired) electrons. The highest BCUT2D eigenvalue weighted by Gasteiger charge is 2.04. The van der Waals surface area contributed by atoms with Crippen LogP contribution >= 0.6 is 0 Å². The molecule has 3 rings (SSSR count). The van der Waals surface area contributed by atoms with E-state index in [1.54, 1.807) is 6.08 Å². The molecule has 128 valence electrons. The van der Waals surface area contributed by atoms with Crippen molar-refractivity contribution in [2.24, 2.45) is 0 Å². The van der Waals surface area contributed by atoms with E-state index >= 15 is 0 Å². The van der Waals surface area contributed by atoms with Crippen molar-refractivity contribution in [3.8, 4) is 0 Å². The van der Waals surface area contributed by atoms with Gasteiger partial charge in [-0.1, -0.05) is 44.2 Å². The van der Waals surface area contributed by atoms with Crippen LogP contribution < -0.4 is 5.32 Å². The van der Waals surface area contributed by atoms with E-state index in [1.807, 2.05) is 47.0 Å². The monoisotopic (exact) mass is 334 g/mol. The largest absolute Gasteiger partial charge is 0.352 e. The predicted molar refractivity (Wildman–Crippen MR) is 99.3 cm³/mol. The minimum absolute atomic E-state index is 0.109. The molecular weight excluding hydrogens is 312 g/mol. The van der Waals surface area contributed by atoms with E-state index in [4.69, 9.17) is 0 Å². The summed E-state index contributed by atoms with van der Waals surface area (Å²) in [6, 6.07) is 14.0. The van der Waals surface area contributed by atoms with Crippen molar-refractivity contribution in [3.63, 3.8) is 0 Å². The van der Waals surface area contributed by atoms with Crippen molar-refractivity contribution in [2.45, 2.75) is 26.2 Å². The number of pyridine rings is 1. The lowest BCUT2D eigenvalue weighted by molar-refractivity contribution is -0.116. The molecule has 0 saturated carbocycles. The van der Waals surface area contributed by atoms with Crippen LogP contribution in [0.25, 0.3) is 11.7 Å². The van der Waals surface area contributed by atoms with E-state index in [-0.39, 0.29) is 5.91 Å². The zero-order chi connectivity index (χ0) is 17.6. The maximum atomic E-state index is 11.9. The standard InChI is InChI=1S/C20H22N4O/c1-15(2)17-9-6-16(7-10-17)8-11-20(25)21-13-12-19-23-22-18-5-3-4-14-24(18)19/h3-11,14-15H,12-13H2,1-2H3,(H,21,25)/b11-8+. The van der Waals surface area contributed by atoms with E-state index < -0.39 is 0 Å². The second-order valence-corrected chi connectivity index (χ2v) is 6.24. The lowest BCUT2D eigenvalue weighted by atomic mass is 10.0. The first-order valence-electron chi connectivity index (χ1n) is 8.48. The Morgan fingerprint density at radius 2 is 1.96 bits per heavy atom. The van der Waals surface area contributed by atoms with Gasteiger partial charge in [0.25, 0.3) is 0 Å². The second-order valence-electron chi connectivity index (χ2n) is 6.24. The van der Waals surface area contributed by atoms with E-state index in [0.717, 1.165) is 17.0 Å². The molecule has 0 aliphatic rings. The van der Waals surface area contributed by atoms with Crippen LogP contribution in [0.15, 0.2) is 54.7 Å². The Kier molecular flexibility index (Phi) is 5.23. The first kappa shape index (κ1) is 16.9. The highest BCUT2D eigenvalue weighted by atomic mass is 16.1. The summed E-state index contributed by atoms with van der Waals surface area (Å²) in [4.78, 5) is 11.9. The van der Waals surface area contributed by atoms with Crippen molar-refractivity contribution in [2.75, 3.05) is 6.54 Å². The van der Waals surface area contributed by atoms with Gasteiger partial charge >= 0.3 is 0 Å². The van der Waals surface area contributed by atoms with Gasteiger partial charge < -0.3 is 5.32 Å². The minimum atomic E-state index is -0.109. The molecule has 2 heterocycles. The van der Waals surface area contributed by atoms with Gasteiger partial charge in [0, 0.05) is 25.2 Å². The highest BCUT2D eigenvalue weighted by Crippen LogP contribution is 2.15. The number of fused-ring (bicyclic) bond motifs is 1. The Labute approximate surface area is 147 Å².